The predicted octanol–water partition coefficient (Wildman–Crippen LogP) is 7.95. The van der Waals surface area contributed by atoms with Gasteiger partial charge in [0, 0.05) is 79.5 Å². The third kappa shape index (κ3) is 7.65. The lowest BCUT2D eigenvalue weighted by molar-refractivity contribution is 0.769. The largest absolute Gasteiger partial charge is 0.333 e. The topological polar surface area (TPSA) is 146 Å². The van der Waals surface area contributed by atoms with E-state index in [1.165, 1.54) is 0 Å². The molecule has 0 saturated heterocycles. The second-order valence-corrected chi connectivity index (χ2v) is 14.6. The minimum Gasteiger partial charge on any atom is -0.333 e. The number of rotatable bonds is 6. The molecule has 0 N–H and O–H groups in total. The molecule has 0 aliphatic heterocycles. The predicted molar refractivity (Wildman–Crippen MR) is 241 cm³/mol. The first-order valence-corrected chi connectivity index (χ1v) is 19.9. The Hall–Kier alpha value is -8.33. The Kier molecular flexibility index (Phi) is 10.6. The van der Waals surface area contributed by atoms with Gasteiger partial charge in [-0.25, -0.2) is 34.9 Å². The summed E-state index contributed by atoms with van der Waals surface area (Å²) in [6, 6.07) is 38.0. The van der Waals surface area contributed by atoms with Crippen molar-refractivity contribution in [3.8, 4) is 68.8 Å². The van der Waals surface area contributed by atoms with Crippen molar-refractivity contribution in [2.75, 3.05) is 0 Å². The maximum absolute atomic E-state index is 4.86. The van der Waals surface area contributed by atoms with E-state index >= 15 is 0 Å². The second-order valence-electron chi connectivity index (χ2n) is 14.6. The van der Waals surface area contributed by atoms with Crippen molar-refractivity contribution in [1.29, 1.82) is 0 Å². The summed E-state index contributed by atoms with van der Waals surface area (Å²) in [7, 11) is 11.8. The standard InChI is InChI=1S/C21H17N5.2C13H13N5/c1-25-18-12-5-3-8-14(18)23-20(25)16-10-7-11-17(22-16)21-24-15-9-4-6-13-19(15)26(21)2;1-17-8-6-14-12(17)10-4-3-5-11(16-10)13-15-7-9-18(13)2;1-17-12(6-8-14-17)10-4-3-5-11(16-10)13-7-9-15-18(13)2/h3-13H,1-2H3;2*3-9H,1-2H3. The van der Waals surface area contributed by atoms with Gasteiger partial charge in [0.1, 0.15) is 22.8 Å². The highest BCUT2D eigenvalue weighted by atomic mass is 15.3. The van der Waals surface area contributed by atoms with Crippen molar-refractivity contribution in [3.05, 3.63) is 152 Å². The van der Waals surface area contributed by atoms with Crippen molar-refractivity contribution in [2.24, 2.45) is 42.3 Å². The third-order valence-corrected chi connectivity index (χ3v) is 10.5. The summed E-state index contributed by atoms with van der Waals surface area (Å²) < 4.78 is 11.7. The molecule has 11 rings (SSSR count). The van der Waals surface area contributed by atoms with Crippen LogP contribution in [0.25, 0.3) is 90.9 Å². The van der Waals surface area contributed by atoms with Gasteiger partial charge in [-0.3, -0.25) is 9.36 Å². The molecule has 62 heavy (non-hydrogen) atoms. The van der Waals surface area contributed by atoms with Crippen LogP contribution >= 0.6 is 0 Å². The molecule has 9 heterocycles. The van der Waals surface area contributed by atoms with Crippen molar-refractivity contribution in [3.63, 3.8) is 0 Å². The number of hydrogen-bond donors (Lipinski definition) is 0. The molecule has 0 unspecified atom stereocenters. The molecule has 306 valence electrons. The molecule has 0 radical (unpaired) electrons. The highest BCUT2D eigenvalue weighted by molar-refractivity contribution is 5.82. The monoisotopic (exact) mass is 817 g/mol. The summed E-state index contributed by atoms with van der Waals surface area (Å²) in [5, 5.41) is 8.32. The molecule has 0 fully saturated rings. The minimum atomic E-state index is 0.841. The van der Waals surface area contributed by atoms with Gasteiger partial charge in [-0.2, -0.15) is 10.2 Å². The lowest BCUT2D eigenvalue weighted by Crippen LogP contribution is -1.98. The van der Waals surface area contributed by atoms with E-state index in [9.17, 15) is 0 Å². The maximum Gasteiger partial charge on any atom is 0.159 e. The lowest BCUT2D eigenvalue weighted by Gasteiger charge is -2.05. The van der Waals surface area contributed by atoms with Crippen LogP contribution in [0.2, 0.25) is 0 Å². The van der Waals surface area contributed by atoms with Crippen LogP contribution < -0.4 is 0 Å². The fourth-order valence-corrected chi connectivity index (χ4v) is 7.31. The van der Waals surface area contributed by atoms with Gasteiger partial charge < -0.3 is 18.3 Å². The van der Waals surface area contributed by atoms with Gasteiger partial charge in [-0.15, -0.1) is 0 Å². The summed E-state index contributed by atoms with van der Waals surface area (Å²) in [6.07, 6.45) is 10.9. The van der Waals surface area contributed by atoms with Crippen LogP contribution in [0.5, 0.6) is 0 Å². The van der Waals surface area contributed by atoms with E-state index in [1.54, 1.807) is 24.8 Å². The van der Waals surface area contributed by atoms with E-state index in [1.807, 2.05) is 176 Å². The van der Waals surface area contributed by atoms with Gasteiger partial charge in [0.2, 0.25) is 0 Å². The molecule has 2 aromatic carbocycles. The molecular formula is C47H43N15. The fraction of sp³-hybridized carbons (Fsp3) is 0.128. The number of fused-ring (bicyclic) bond motifs is 2. The van der Waals surface area contributed by atoms with Crippen LogP contribution in [0, 0.1) is 0 Å². The molecule has 9 aromatic heterocycles. The van der Waals surface area contributed by atoms with Gasteiger partial charge in [0.05, 0.1) is 44.8 Å². The van der Waals surface area contributed by atoms with E-state index in [0.29, 0.717) is 0 Å². The highest BCUT2D eigenvalue weighted by Gasteiger charge is 2.15. The van der Waals surface area contributed by atoms with Gasteiger partial charge in [0.25, 0.3) is 0 Å². The Morgan fingerprint density at radius 3 is 1.06 bits per heavy atom. The summed E-state index contributed by atoms with van der Waals surface area (Å²) in [4.78, 5) is 32.2. The van der Waals surface area contributed by atoms with Crippen LogP contribution in [-0.4, -0.2) is 72.7 Å². The first kappa shape index (κ1) is 39.1. The van der Waals surface area contributed by atoms with Crippen LogP contribution in [0.4, 0.5) is 0 Å². The van der Waals surface area contributed by atoms with E-state index < -0.39 is 0 Å². The third-order valence-electron chi connectivity index (χ3n) is 10.5. The van der Waals surface area contributed by atoms with E-state index in [2.05, 4.69) is 51.4 Å². The molecule has 15 nitrogen and oxygen atoms in total. The van der Waals surface area contributed by atoms with Crippen LogP contribution in [0.1, 0.15) is 0 Å². The number of para-hydroxylation sites is 4. The van der Waals surface area contributed by atoms with E-state index in [4.69, 9.17) is 15.0 Å². The van der Waals surface area contributed by atoms with Gasteiger partial charge in [-0.05, 0) is 72.8 Å². The van der Waals surface area contributed by atoms with Crippen molar-refractivity contribution < 1.29 is 0 Å². The normalized spacial score (nSPS) is 11.1. The maximum atomic E-state index is 4.86. The Labute approximate surface area is 357 Å². The molecule has 0 aliphatic rings. The Morgan fingerprint density at radius 2 is 0.710 bits per heavy atom. The quantitative estimate of drug-likeness (QED) is 0.163. The first-order chi connectivity index (χ1) is 30.2. The van der Waals surface area contributed by atoms with Gasteiger partial charge >= 0.3 is 0 Å². The number of nitrogens with zero attached hydrogens (tertiary/aromatic N) is 15. The molecular weight excluding hydrogens is 775 g/mol. The zero-order chi connectivity index (χ0) is 42.7. The summed E-state index contributed by atoms with van der Waals surface area (Å²) >= 11 is 0. The van der Waals surface area contributed by atoms with Crippen molar-refractivity contribution in [1.82, 2.24) is 72.7 Å². The van der Waals surface area contributed by atoms with Crippen LogP contribution in [-0.2, 0) is 42.3 Å². The molecule has 0 spiro atoms. The van der Waals surface area contributed by atoms with Gasteiger partial charge in [-0.1, -0.05) is 42.5 Å². The molecule has 0 atom stereocenters. The second kappa shape index (κ2) is 16.7. The molecule has 11 aromatic rings. The Balaban J connectivity index is 0.000000122. The number of imidazole rings is 4. The summed E-state index contributed by atoms with van der Waals surface area (Å²) in [6.45, 7) is 0. The minimum absolute atomic E-state index is 0.841. The summed E-state index contributed by atoms with van der Waals surface area (Å²) in [5.41, 5.74) is 11.3. The average Bonchev–Trinajstić information content (AvgIpc) is 4.18. The lowest BCUT2D eigenvalue weighted by atomic mass is 10.2. The highest BCUT2D eigenvalue weighted by Crippen LogP contribution is 2.27. The van der Waals surface area contributed by atoms with E-state index in [0.717, 1.165) is 90.9 Å². The van der Waals surface area contributed by atoms with Crippen LogP contribution in [0.15, 0.2) is 152 Å². The van der Waals surface area contributed by atoms with Crippen molar-refractivity contribution in [2.45, 2.75) is 0 Å². The smallest absolute Gasteiger partial charge is 0.159 e. The SMILES string of the molecule is Cn1c(-c2cccc(-c3nc4ccccc4n3C)n2)nc2ccccc21.Cn1ccnc1-c1cccc(-c2nccn2C)n1.Cn1nccc1-c1cccc(-c2ccnn2C)n1. The molecule has 15 heteroatoms. The number of aromatic nitrogens is 15. The number of benzene rings is 2. The molecule has 0 bridgehead atoms. The summed E-state index contributed by atoms with van der Waals surface area (Å²) in [5.74, 6) is 3.41. The number of pyridine rings is 3. The molecule has 0 amide bonds. The molecule has 0 aliphatic carbocycles. The van der Waals surface area contributed by atoms with Crippen molar-refractivity contribution >= 4 is 22.1 Å². The zero-order valence-corrected chi connectivity index (χ0v) is 35.1. The number of aryl methyl sites for hydroxylation is 6. The number of hydrogen-bond acceptors (Lipinski definition) is 9. The fourth-order valence-electron chi connectivity index (χ4n) is 7.31. The molecule has 0 saturated carbocycles. The van der Waals surface area contributed by atoms with E-state index in [-0.39, 0.29) is 0 Å². The van der Waals surface area contributed by atoms with Gasteiger partial charge in [0.15, 0.2) is 23.3 Å². The zero-order valence-electron chi connectivity index (χ0n) is 35.1. The average molecular weight is 818 g/mol. The Morgan fingerprint density at radius 1 is 0.339 bits per heavy atom. The first-order valence-electron chi connectivity index (χ1n) is 19.9. The Bertz CT molecular complexity index is 2970. The van der Waals surface area contributed by atoms with Crippen LogP contribution in [0.3, 0.4) is 0 Å².